The van der Waals surface area contributed by atoms with Crippen LogP contribution in [0.25, 0.3) is 49.9 Å². The smallest absolute Gasteiger partial charge is 0.0307 e. The first kappa shape index (κ1) is 37.4. The van der Waals surface area contributed by atoms with Crippen molar-refractivity contribution in [1.29, 1.82) is 0 Å². The summed E-state index contributed by atoms with van der Waals surface area (Å²) in [4.78, 5) is 0. The van der Waals surface area contributed by atoms with Crippen molar-refractivity contribution < 1.29 is 26.2 Å². The molecule has 2 aliphatic carbocycles. The van der Waals surface area contributed by atoms with E-state index in [1.807, 2.05) is 0 Å². The van der Waals surface area contributed by atoms with Crippen molar-refractivity contribution in [3.63, 3.8) is 0 Å². The maximum atomic E-state index is 3.90. The quantitative estimate of drug-likeness (QED) is 0.0953. The molecule has 1 unspecified atom stereocenters. The Hall–Kier alpha value is -3.32. The van der Waals surface area contributed by atoms with Crippen molar-refractivity contribution in [2.45, 2.75) is 97.6 Å². The maximum absolute atomic E-state index is 3.90. The van der Waals surface area contributed by atoms with E-state index in [9.17, 15) is 0 Å². The first-order chi connectivity index (χ1) is 24.0. The van der Waals surface area contributed by atoms with Crippen molar-refractivity contribution in [1.82, 2.24) is 0 Å². The number of hydrogen-bond acceptors (Lipinski definition) is 0. The fourth-order valence-electron chi connectivity index (χ4n) is 8.47. The molecule has 0 saturated carbocycles. The molecule has 0 amide bonds. The largest absolute Gasteiger partial charge is 0.179 e. The maximum Gasteiger partial charge on any atom is 0.0307 e. The fraction of sp³-hybridized carbons (Fsp3) is 0.306. The van der Waals surface area contributed by atoms with Gasteiger partial charge in [-0.1, -0.05) is 170 Å². The normalized spacial score (nSPS) is 14.7. The Morgan fingerprint density at radius 1 is 0.725 bits per heavy atom. The van der Waals surface area contributed by atoms with Gasteiger partial charge < -0.3 is 0 Å². The molecule has 2 radical (unpaired) electrons. The Morgan fingerprint density at radius 3 is 1.98 bits per heavy atom. The van der Waals surface area contributed by atoms with E-state index in [4.69, 9.17) is 0 Å². The molecule has 0 N–H and O–H groups in total. The van der Waals surface area contributed by atoms with Gasteiger partial charge in [0.15, 0.2) is 0 Å². The van der Waals surface area contributed by atoms with Crippen LogP contribution in [0.5, 0.6) is 0 Å². The van der Waals surface area contributed by atoms with Crippen LogP contribution in [0, 0.1) is 6.07 Å². The average molecular weight is 759 g/mol. The van der Waals surface area contributed by atoms with Crippen LogP contribution in [0.15, 0.2) is 103 Å². The van der Waals surface area contributed by atoms with Gasteiger partial charge in [-0.05, 0) is 90.6 Å². The molecule has 6 aromatic carbocycles. The van der Waals surface area contributed by atoms with E-state index in [0.717, 1.165) is 28.8 Å². The summed E-state index contributed by atoms with van der Waals surface area (Å²) in [7, 11) is 1.08. The van der Waals surface area contributed by atoms with Gasteiger partial charge in [-0.3, -0.25) is 0 Å². The summed E-state index contributed by atoms with van der Waals surface area (Å²) < 4.78 is 0. The molecule has 0 saturated heterocycles. The van der Waals surface area contributed by atoms with Crippen LogP contribution >= 0.6 is 0 Å². The van der Waals surface area contributed by atoms with Gasteiger partial charge in [-0.15, -0.1) is 16.7 Å². The summed E-state index contributed by atoms with van der Waals surface area (Å²) >= 11 is 0. The molecule has 0 fully saturated rings. The van der Waals surface area contributed by atoms with Gasteiger partial charge in [0.2, 0.25) is 0 Å². The summed E-state index contributed by atoms with van der Waals surface area (Å²) in [6.45, 7) is 20.7. The summed E-state index contributed by atoms with van der Waals surface area (Å²) in [6.07, 6.45) is 5.77. The van der Waals surface area contributed by atoms with Gasteiger partial charge in [0, 0.05) is 35.7 Å². The molecular weight excluding hydrogens is 708 g/mol. The van der Waals surface area contributed by atoms with Gasteiger partial charge in [-0.2, -0.15) is 17.7 Å². The summed E-state index contributed by atoms with van der Waals surface area (Å²) in [6, 6.07) is 40.7. The van der Waals surface area contributed by atoms with Crippen LogP contribution in [0.4, 0.5) is 0 Å². The van der Waals surface area contributed by atoms with Crippen molar-refractivity contribution in [3.05, 3.63) is 148 Å². The molecule has 0 nitrogen and oxygen atoms in total. The molecule has 0 bridgehead atoms. The predicted molar refractivity (Wildman–Crippen MR) is 220 cm³/mol. The third-order valence-electron chi connectivity index (χ3n) is 10.7. The summed E-state index contributed by atoms with van der Waals surface area (Å²) in [5, 5.41) is 5.24. The van der Waals surface area contributed by atoms with E-state index in [1.165, 1.54) is 88.3 Å². The second-order valence-electron chi connectivity index (χ2n) is 16.4. The topological polar surface area (TPSA) is 0 Å². The van der Waals surface area contributed by atoms with Crippen LogP contribution < -0.4 is 0 Å². The number of fused-ring (bicyclic) bond motifs is 6. The van der Waals surface area contributed by atoms with E-state index >= 15 is 0 Å². The number of rotatable bonds is 4. The van der Waals surface area contributed by atoms with E-state index in [1.54, 1.807) is 0 Å². The third kappa shape index (κ3) is 6.73. The van der Waals surface area contributed by atoms with Crippen LogP contribution in [-0.4, -0.2) is 9.52 Å². The van der Waals surface area contributed by atoms with Crippen molar-refractivity contribution in [2.75, 3.05) is 0 Å². The van der Waals surface area contributed by atoms with Crippen LogP contribution in [0.3, 0.4) is 0 Å². The van der Waals surface area contributed by atoms with Crippen LogP contribution in [0.2, 0.25) is 13.1 Å². The molecule has 0 aromatic heterocycles. The van der Waals surface area contributed by atoms with E-state index < -0.39 is 0 Å². The van der Waals surface area contributed by atoms with Crippen molar-refractivity contribution in [2.24, 2.45) is 0 Å². The number of allylic oxidation sites excluding steroid dienone is 1. The zero-order chi connectivity index (χ0) is 35.4. The molecule has 0 aliphatic heterocycles. The molecule has 1 atom stereocenters. The van der Waals surface area contributed by atoms with Crippen LogP contribution in [-0.2, 0) is 43.5 Å². The molecule has 6 aromatic rings. The second-order valence-corrected chi connectivity index (χ2v) is 17.4. The van der Waals surface area contributed by atoms with Gasteiger partial charge in [-0.25, -0.2) is 0 Å². The molecule has 2 heteroatoms. The average Bonchev–Trinajstić information content (AvgIpc) is 3.64. The van der Waals surface area contributed by atoms with Gasteiger partial charge in [0.25, 0.3) is 0 Å². The first-order valence-electron chi connectivity index (χ1n) is 18.5. The molecule has 256 valence electrons. The number of benzene rings is 6. The summed E-state index contributed by atoms with van der Waals surface area (Å²) in [5.41, 5.74) is 17.2. The van der Waals surface area contributed by atoms with Crippen LogP contribution in [0.1, 0.15) is 106 Å². The van der Waals surface area contributed by atoms with Gasteiger partial charge >= 0.3 is 0 Å². The fourth-order valence-corrected chi connectivity index (χ4v) is 8.47. The SMILES string of the molecule is CCCC1=Cc2c(-c3c4ccccc4cc4ccccc34)cccc2C1c1c(C(C)(C)C)[c-]cc2c1Cc1cc(C(C)(C)C)ccc1-2.C[Si]C.[Zr]. The zero-order valence-corrected chi connectivity index (χ0v) is 35.5. The van der Waals surface area contributed by atoms with Gasteiger partial charge in [0.1, 0.15) is 0 Å². The minimum atomic E-state index is -0.0285. The van der Waals surface area contributed by atoms with E-state index in [-0.39, 0.29) is 43.0 Å². The van der Waals surface area contributed by atoms with Crippen molar-refractivity contribution in [3.8, 4) is 22.3 Å². The Morgan fingerprint density at radius 2 is 1.37 bits per heavy atom. The Balaban J connectivity index is 0.00000108. The standard InChI is InChI=1S/C47H45.C2H6Si.Zr/c1-8-14-31-27-40-38(19-13-20-39(40)44-35-17-11-9-15-29(35)25-30-16-10-12-18-36(30)44)43(31)45-41-28-32-26-33(46(2,3)4)21-22-34(32)37(41)23-24-42(45)47(5,6)7;1-3-2;/h9-13,15-23,25-27,43H,8,14,28H2,1-7H3;1-2H3;/q-1;;. The molecule has 8 rings (SSSR count). The van der Waals surface area contributed by atoms with Crippen molar-refractivity contribution >= 4 is 37.1 Å². The monoisotopic (exact) mass is 757 g/mol. The number of hydrogen-bond donors (Lipinski definition) is 0. The minimum Gasteiger partial charge on any atom is -0.179 e. The molecular formula is C49H51SiZr-. The predicted octanol–water partition coefficient (Wildman–Crippen LogP) is 13.7. The molecule has 0 spiro atoms. The van der Waals surface area contributed by atoms with E-state index in [2.05, 4.69) is 171 Å². The summed E-state index contributed by atoms with van der Waals surface area (Å²) in [5.74, 6) is 0.225. The minimum absolute atomic E-state index is 0. The molecule has 51 heavy (non-hydrogen) atoms. The first-order valence-corrected chi connectivity index (χ1v) is 20.5. The third-order valence-corrected chi connectivity index (χ3v) is 10.7. The Labute approximate surface area is 328 Å². The Bertz CT molecular complexity index is 2220. The van der Waals surface area contributed by atoms with E-state index in [0.29, 0.717) is 0 Å². The van der Waals surface area contributed by atoms with Gasteiger partial charge in [0.05, 0.1) is 0 Å². The molecule has 2 aliphatic rings. The second kappa shape index (κ2) is 14.6. The molecule has 0 heterocycles. The zero-order valence-electron chi connectivity index (χ0n) is 32.0. The Kier molecular flexibility index (Phi) is 10.7.